The fourth-order valence-electron chi connectivity index (χ4n) is 2.16. The van der Waals surface area contributed by atoms with E-state index in [1.807, 2.05) is 6.92 Å². The van der Waals surface area contributed by atoms with Crippen LogP contribution in [0.4, 0.5) is 0 Å². The average Bonchev–Trinajstić information content (AvgIpc) is 2.90. The Labute approximate surface area is 122 Å². The summed E-state index contributed by atoms with van der Waals surface area (Å²) in [5, 5.41) is 12.8. The number of hydrogen-bond acceptors (Lipinski definition) is 5. The molecule has 0 saturated carbocycles. The first-order chi connectivity index (χ1) is 10.1. The Morgan fingerprint density at radius 2 is 2.19 bits per heavy atom. The maximum Gasteiger partial charge on any atom is 0.356 e. The van der Waals surface area contributed by atoms with Gasteiger partial charge in [-0.3, -0.25) is 9.48 Å². The van der Waals surface area contributed by atoms with E-state index in [9.17, 15) is 9.59 Å². The van der Waals surface area contributed by atoms with Crippen molar-refractivity contribution in [3.63, 3.8) is 0 Å². The molecule has 2 heterocycles. The smallest absolute Gasteiger partial charge is 0.356 e. The normalized spacial score (nSPS) is 14.3. The molecule has 1 aliphatic heterocycles. The summed E-state index contributed by atoms with van der Waals surface area (Å²) < 4.78 is 1.46. The number of amides is 1. The Balaban J connectivity index is 1.84. The van der Waals surface area contributed by atoms with Crippen LogP contribution < -0.4 is 0 Å². The number of unbranched alkanes of at least 4 members (excludes halogenated alkanes) is 1. The summed E-state index contributed by atoms with van der Waals surface area (Å²) in [5.74, 6) is -1.30. The van der Waals surface area contributed by atoms with E-state index >= 15 is 0 Å². The number of carboxylic acids is 1. The Hall–Kier alpha value is -1.93. The highest BCUT2D eigenvalue weighted by Gasteiger charge is 2.27. The van der Waals surface area contributed by atoms with Crippen LogP contribution in [0, 0.1) is 0 Å². The first-order valence-corrected chi connectivity index (χ1v) is 6.98. The predicted octanol–water partition coefficient (Wildman–Crippen LogP) is 0.785. The van der Waals surface area contributed by atoms with E-state index in [1.54, 1.807) is 4.90 Å². The molecule has 0 fully saturated rings. The van der Waals surface area contributed by atoms with Crippen molar-refractivity contribution >= 4 is 11.9 Å². The van der Waals surface area contributed by atoms with Crippen LogP contribution in [0.15, 0.2) is 6.07 Å². The van der Waals surface area contributed by atoms with Crippen molar-refractivity contribution in [2.24, 2.45) is 0 Å². The van der Waals surface area contributed by atoms with Crippen LogP contribution in [0.25, 0.3) is 0 Å². The SMILES string of the molecule is CCOOCCCCN1CCn2nc(C(=O)O)cc2C1=O. The molecule has 0 unspecified atom stereocenters. The van der Waals surface area contributed by atoms with E-state index in [2.05, 4.69) is 5.10 Å². The standard InChI is InChI=1S/C13H19N3O5/c1-2-20-21-8-4-3-5-15-6-7-16-11(12(15)17)9-10(14-16)13(18)19/h9H,2-8H2,1H3,(H,18,19). The molecule has 8 nitrogen and oxygen atoms in total. The molecule has 8 heteroatoms. The van der Waals surface area contributed by atoms with Crippen molar-refractivity contribution in [3.05, 3.63) is 17.5 Å². The Morgan fingerprint density at radius 1 is 1.38 bits per heavy atom. The Bertz CT molecular complexity index is 514. The quantitative estimate of drug-likeness (QED) is 0.433. The summed E-state index contributed by atoms with van der Waals surface area (Å²) in [5.41, 5.74) is 0.245. The van der Waals surface area contributed by atoms with Crippen LogP contribution in [-0.2, 0) is 16.3 Å². The predicted molar refractivity (Wildman–Crippen MR) is 71.9 cm³/mol. The van der Waals surface area contributed by atoms with Crippen LogP contribution in [0.1, 0.15) is 40.7 Å². The molecule has 116 valence electrons. The van der Waals surface area contributed by atoms with Crippen molar-refractivity contribution in [2.75, 3.05) is 26.3 Å². The minimum atomic E-state index is -1.12. The number of nitrogens with zero attached hydrogens (tertiary/aromatic N) is 3. The van der Waals surface area contributed by atoms with Gasteiger partial charge in [0, 0.05) is 19.2 Å². The molecule has 1 aromatic heterocycles. The third-order valence-corrected chi connectivity index (χ3v) is 3.19. The average molecular weight is 297 g/mol. The van der Waals surface area contributed by atoms with Crippen molar-refractivity contribution in [3.8, 4) is 0 Å². The van der Waals surface area contributed by atoms with Gasteiger partial charge < -0.3 is 10.0 Å². The lowest BCUT2D eigenvalue weighted by molar-refractivity contribution is -0.291. The van der Waals surface area contributed by atoms with Gasteiger partial charge in [0.2, 0.25) is 0 Å². The van der Waals surface area contributed by atoms with Crippen molar-refractivity contribution in [1.82, 2.24) is 14.7 Å². The summed E-state index contributed by atoms with van der Waals surface area (Å²) in [7, 11) is 0. The highest BCUT2D eigenvalue weighted by molar-refractivity contribution is 5.96. The number of aromatic nitrogens is 2. The second-order valence-corrected chi connectivity index (χ2v) is 4.67. The van der Waals surface area contributed by atoms with Gasteiger partial charge in [0.15, 0.2) is 5.69 Å². The topological polar surface area (TPSA) is 93.9 Å². The van der Waals surface area contributed by atoms with Gasteiger partial charge in [-0.25, -0.2) is 14.6 Å². The second-order valence-electron chi connectivity index (χ2n) is 4.67. The highest BCUT2D eigenvalue weighted by Crippen LogP contribution is 2.14. The van der Waals surface area contributed by atoms with E-state index in [-0.39, 0.29) is 11.6 Å². The maximum absolute atomic E-state index is 12.2. The zero-order valence-corrected chi connectivity index (χ0v) is 11.9. The van der Waals surface area contributed by atoms with Crippen molar-refractivity contribution < 1.29 is 24.5 Å². The molecule has 0 atom stereocenters. The van der Waals surface area contributed by atoms with Crippen LogP contribution in [0.3, 0.4) is 0 Å². The lowest BCUT2D eigenvalue weighted by Crippen LogP contribution is -2.40. The summed E-state index contributed by atoms with van der Waals surface area (Å²) in [4.78, 5) is 34.5. The molecule has 2 rings (SSSR count). The molecule has 0 radical (unpaired) electrons. The first kappa shape index (κ1) is 15.5. The van der Waals surface area contributed by atoms with Crippen LogP contribution in [0.2, 0.25) is 0 Å². The lowest BCUT2D eigenvalue weighted by atomic mass is 10.2. The van der Waals surface area contributed by atoms with Gasteiger partial charge >= 0.3 is 5.97 Å². The molecule has 0 spiro atoms. The Morgan fingerprint density at radius 3 is 2.90 bits per heavy atom. The zero-order chi connectivity index (χ0) is 15.2. The molecule has 21 heavy (non-hydrogen) atoms. The molecule has 0 aromatic carbocycles. The number of carboxylic acid groups (broad SMARTS) is 1. The van der Waals surface area contributed by atoms with Gasteiger partial charge in [-0.2, -0.15) is 5.10 Å². The van der Waals surface area contributed by atoms with Gasteiger partial charge in [-0.05, 0) is 19.8 Å². The molecule has 0 aliphatic carbocycles. The lowest BCUT2D eigenvalue weighted by Gasteiger charge is -2.27. The number of carbonyl (C=O) groups is 2. The van der Waals surface area contributed by atoms with E-state index in [1.165, 1.54) is 10.7 Å². The van der Waals surface area contributed by atoms with Crippen LogP contribution >= 0.6 is 0 Å². The minimum Gasteiger partial charge on any atom is -0.476 e. The highest BCUT2D eigenvalue weighted by atomic mass is 17.2. The summed E-state index contributed by atoms with van der Waals surface area (Å²) in [6.45, 7) is 4.53. The summed E-state index contributed by atoms with van der Waals surface area (Å²) in [6.07, 6.45) is 1.60. The molecule has 0 bridgehead atoms. The Kier molecular flexibility index (Phi) is 5.29. The van der Waals surface area contributed by atoms with E-state index in [0.29, 0.717) is 38.5 Å². The number of carbonyl (C=O) groups excluding carboxylic acids is 1. The fraction of sp³-hybridized carbons (Fsp3) is 0.615. The summed E-state index contributed by atoms with van der Waals surface area (Å²) in [6, 6.07) is 1.33. The third-order valence-electron chi connectivity index (χ3n) is 3.19. The minimum absolute atomic E-state index is 0.0923. The molecular formula is C13H19N3O5. The van der Waals surface area contributed by atoms with Gasteiger partial charge in [-0.15, -0.1) is 0 Å². The van der Waals surface area contributed by atoms with Crippen molar-refractivity contribution in [2.45, 2.75) is 26.3 Å². The maximum atomic E-state index is 12.2. The van der Waals surface area contributed by atoms with Gasteiger partial charge in [0.1, 0.15) is 5.69 Å². The molecular weight excluding hydrogens is 278 g/mol. The molecule has 1 amide bonds. The molecule has 1 N–H and O–H groups in total. The van der Waals surface area contributed by atoms with Gasteiger partial charge in [0.25, 0.3) is 5.91 Å². The second kappa shape index (κ2) is 7.19. The van der Waals surface area contributed by atoms with E-state index < -0.39 is 5.97 Å². The van der Waals surface area contributed by atoms with E-state index in [0.717, 1.165) is 12.8 Å². The van der Waals surface area contributed by atoms with Gasteiger partial charge in [-0.1, -0.05) is 0 Å². The number of hydrogen-bond donors (Lipinski definition) is 1. The number of fused-ring (bicyclic) bond motifs is 1. The zero-order valence-electron chi connectivity index (χ0n) is 11.9. The third kappa shape index (κ3) is 3.79. The first-order valence-electron chi connectivity index (χ1n) is 6.98. The fourth-order valence-corrected chi connectivity index (χ4v) is 2.16. The molecule has 1 aliphatic rings. The van der Waals surface area contributed by atoms with E-state index in [4.69, 9.17) is 14.9 Å². The number of aromatic carboxylic acids is 1. The molecule has 0 saturated heterocycles. The molecule has 1 aromatic rings. The van der Waals surface area contributed by atoms with Crippen LogP contribution in [-0.4, -0.2) is 58.0 Å². The summed E-state index contributed by atoms with van der Waals surface area (Å²) >= 11 is 0. The number of rotatable bonds is 8. The largest absolute Gasteiger partial charge is 0.476 e. The van der Waals surface area contributed by atoms with Gasteiger partial charge in [0.05, 0.1) is 19.8 Å². The monoisotopic (exact) mass is 297 g/mol. The van der Waals surface area contributed by atoms with Crippen molar-refractivity contribution in [1.29, 1.82) is 0 Å². The van der Waals surface area contributed by atoms with Crippen LogP contribution in [0.5, 0.6) is 0 Å².